The van der Waals surface area contributed by atoms with E-state index < -0.39 is 10.2 Å². The number of hydrogen-bond donors (Lipinski definition) is 0. The van der Waals surface area contributed by atoms with Crippen LogP contribution in [0.3, 0.4) is 0 Å². The van der Waals surface area contributed by atoms with E-state index in [4.69, 9.17) is 11.6 Å². The van der Waals surface area contributed by atoms with Crippen molar-refractivity contribution in [3.63, 3.8) is 0 Å². The standard InChI is InChI=1S/C8H8ClIN4O2S/c1-13(2)17(15,16)14-4-5(10)7-8(14)11-3-6(9)12-7/h3-4H,1-2H3. The first-order valence-electron chi connectivity index (χ1n) is 4.46. The van der Waals surface area contributed by atoms with Crippen molar-refractivity contribution in [3.05, 3.63) is 21.1 Å². The zero-order chi connectivity index (χ0) is 12.8. The summed E-state index contributed by atoms with van der Waals surface area (Å²) in [7, 11) is -0.684. The molecule has 0 aliphatic heterocycles. The van der Waals surface area contributed by atoms with Crippen molar-refractivity contribution < 1.29 is 8.42 Å². The van der Waals surface area contributed by atoms with Crippen molar-refractivity contribution in [1.82, 2.24) is 18.2 Å². The Morgan fingerprint density at radius 3 is 2.71 bits per heavy atom. The van der Waals surface area contributed by atoms with E-state index in [1.165, 1.54) is 26.5 Å². The summed E-state index contributed by atoms with van der Waals surface area (Å²) in [6, 6.07) is 0. The molecule has 0 saturated carbocycles. The van der Waals surface area contributed by atoms with E-state index in [1.54, 1.807) is 0 Å². The van der Waals surface area contributed by atoms with Crippen LogP contribution in [-0.4, -0.2) is 40.8 Å². The number of aromatic nitrogens is 3. The summed E-state index contributed by atoms with van der Waals surface area (Å²) in [5.74, 6) is 0. The van der Waals surface area contributed by atoms with Crippen LogP contribution in [0.4, 0.5) is 0 Å². The first kappa shape index (κ1) is 13.0. The smallest absolute Gasteiger partial charge is 0.233 e. The molecule has 2 aromatic rings. The van der Waals surface area contributed by atoms with Crippen molar-refractivity contribution >= 4 is 55.6 Å². The van der Waals surface area contributed by atoms with Gasteiger partial charge in [-0.1, -0.05) is 11.6 Å². The van der Waals surface area contributed by atoms with Crippen LogP contribution in [0.1, 0.15) is 0 Å². The maximum Gasteiger partial charge on any atom is 0.308 e. The van der Waals surface area contributed by atoms with Crippen LogP contribution in [0, 0.1) is 3.57 Å². The summed E-state index contributed by atoms with van der Waals surface area (Å²) in [6.07, 6.45) is 2.79. The Hall–Kier alpha value is -0.450. The van der Waals surface area contributed by atoms with Crippen LogP contribution in [-0.2, 0) is 10.2 Å². The maximum absolute atomic E-state index is 12.0. The Bertz CT molecular complexity index is 682. The quantitative estimate of drug-likeness (QED) is 0.731. The number of fused-ring (bicyclic) bond motifs is 1. The van der Waals surface area contributed by atoms with Crippen molar-refractivity contribution in [2.24, 2.45) is 0 Å². The summed E-state index contributed by atoms with van der Waals surface area (Å²) in [6.45, 7) is 0. The van der Waals surface area contributed by atoms with Crippen LogP contribution in [0.2, 0.25) is 5.15 Å². The van der Waals surface area contributed by atoms with E-state index in [0.717, 1.165) is 8.28 Å². The van der Waals surface area contributed by atoms with Gasteiger partial charge in [0, 0.05) is 20.3 Å². The second-order valence-electron chi connectivity index (χ2n) is 3.43. The maximum atomic E-state index is 12.0. The van der Waals surface area contributed by atoms with Crippen LogP contribution < -0.4 is 0 Å². The Kier molecular flexibility index (Phi) is 3.31. The molecule has 2 heterocycles. The molecule has 17 heavy (non-hydrogen) atoms. The Balaban J connectivity index is 2.82. The van der Waals surface area contributed by atoms with Gasteiger partial charge in [-0.05, 0) is 22.6 Å². The van der Waals surface area contributed by atoms with Gasteiger partial charge in [0.15, 0.2) is 5.65 Å². The molecule has 0 aromatic carbocycles. The summed E-state index contributed by atoms with van der Waals surface area (Å²) in [5, 5.41) is 0.232. The molecule has 9 heteroatoms. The molecule has 0 atom stereocenters. The summed E-state index contributed by atoms with van der Waals surface area (Å²) in [5.41, 5.74) is 0.746. The van der Waals surface area contributed by atoms with E-state index in [1.807, 2.05) is 22.6 Å². The van der Waals surface area contributed by atoms with Crippen LogP contribution >= 0.6 is 34.2 Å². The minimum absolute atomic E-state index is 0.232. The van der Waals surface area contributed by atoms with Gasteiger partial charge in [-0.15, -0.1) is 0 Å². The van der Waals surface area contributed by atoms with Gasteiger partial charge in [-0.2, -0.15) is 12.7 Å². The lowest BCUT2D eigenvalue weighted by Crippen LogP contribution is -2.28. The first-order valence-corrected chi connectivity index (χ1v) is 7.31. The van der Waals surface area contributed by atoms with E-state index in [2.05, 4.69) is 9.97 Å². The molecule has 0 bridgehead atoms. The van der Waals surface area contributed by atoms with Gasteiger partial charge < -0.3 is 0 Å². The Morgan fingerprint density at radius 1 is 1.47 bits per heavy atom. The highest BCUT2D eigenvalue weighted by Crippen LogP contribution is 2.22. The molecule has 0 unspecified atom stereocenters. The summed E-state index contributed by atoms with van der Waals surface area (Å²) < 4.78 is 26.9. The Morgan fingerprint density at radius 2 is 2.12 bits per heavy atom. The second kappa shape index (κ2) is 4.34. The molecule has 0 amide bonds. The number of nitrogens with zero attached hydrogens (tertiary/aromatic N) is 4. The van der Waals surface area contributed by atoms with Crippen LogP contribution in [0.25, 0.3) is 11.2 Å². The molecule has 6 nitrogen and oxygen atoms in total. The van der Waals surface area contributed by atoms with Gasteiger partial charge >= 0.3 is 10.2 Å². The van der Waals surface area contributed by atoms with Gasteiger partial charge in [-0.25, -0.2) is 13.9 Å². The largest absolute Gasteiger partial charge is 0.308 e. The highest BCUT2D eigenvalue weighted by atomic mass is 127. The lowest BCUT2D eigenvalue weighted by Gasteiger charge is -2.12. The zero-order valence-corrected chi connectivity index (χ0v) is 12.7. The fraction of sp³-hybridized carbons (Fsp3) is 0.250. The number of hydrogen-bond acceptors (Lipinski definition) is 4. The van der Waals surface area contributed by atoms with E-state index in [0.29, 0.717) is 9.09 Å². The predicted octanol–water partition coefficient (Wildman–Crippen LogP) is 1.34. The molecule has 0 aliphatic carbocycles. The first-order chi connectivity index (χ1) is 7.84. The zero-order valence-electron chi connectivity index (χ0n) is 8.92. The monoisotopic (exact) mass is 386 g/mol. The van der Waals surface area contributed by atoms with Gasteiger partial charge in [0.05, 0.1) is 9.77 Å². The number of rotatable bonds is 2. The highest BCUT2D eigenvalue weighted by molar-refractivity contribution is 14.1. The molecule has 2 aromatic heterocycles. The molecule has 2 rings (SSSR count). The lowest BCUT2D eigenvalue weighted by molar-refractivity contribution is 0.512. The van der Waals surface area contributed by atoms with Crippen LogP contribution in [0.15, 0.2) is 12.4 Å². The molecule has 0 N–H and O–H groups in total. The van der Waals surface area contributed by atoms with Crippen molar-refractivity contribution in [1.29, 1.82) is 0 Å². The molecule has 0 radical (unpaired) electrons. The third kappa shape index (κ3) is 2.14. The summed E-state index contributed by atoms with van der Waals surface area (Å²) >= 11 is 7.72. The van der Waals surface area contributed by atoms with Crippen molar-refractivity contribution in [2.45, 2.75) is 0 Å². The highest BCUT2D eigenvalue weighted by Gasteiger charge is 2.22. The van der Waals surface area contributed by atoms with Crippen LogP contribution in [0.5, 0.6) is 0 Å². The van der Waals surface area contributed by atoms with E-state index in [9.17, 15) is 8.42 Å². The second-order valence-corrected chi connectivity index (χ2v) is 7.00. The minimum Gasteiger partial charge on any atom is -0.233 e. The SMILES string of the molecule is CN(C)S(=O)(=O)n1cc(I)c2nc(Cl)cnc21. The van der Waals surface area contributed by atoms with Crippen molar-refractivity contribution in [3.8, 4) is 0 Å². The third-order valence-electron chi connectivity index (χ3n) is 2.10. The molecule has 0 fully saturated rings. The van der Waals surface area contributed by atoms with Gasteiger partial charge in [-0.3, -0.25) is 0 Å². The molecule has 92 valence electrons. The molecule has 0 spiro atoms. The van der Waals surface area contributed by atoms with Gasteiger partial charge in [0.1, 0.15) is 10.7 Å². The average Bonchev–Trinajstić information content (AvgIpc) is 2.56. The third-order valence-corrected chi connectivity index (χ3v) is 4.77. The van der Waals surface area contributed by atoms with E-state index >= 15 is 0 Å². The average molecular weight is 387 g/mol. The predicted molar refractivity (Wildman–Crippen MR) is 73.3 cm³/mol. The molecule has 0 saturated heterocycles. The minimum atomic E-state index is -3.60. The van der Waals surface area contributed by atoms with Crippen molar-refractivity contribution in [2.75, 3.05) is 14.1 Å². The molecule has 0 aliphatic rings. The van der Waals surface area contributed by atoms with E-state index in [-0.39, 0.29) is 10.8 Å². The summed E-state index contributed by atoms with van der Waals surface area (Å²) in [4.78, 5) is 8.07. The van der Waals surface area contributed by atoms with Gasteiger partial charge in [0.2, 0.25) is 0 Å². The normalized spacial score (nSPS) is 12.5. The lowest BCUT2D eigenvalue weighted by atomic mass is 10.5. The number of halogens is 2. The fourth-order valence-corrected chi connectivity index (χ4v) is 3.17. The molecular weight excluding hydrogens is 379 g/mol. The topological polar surface area (TPSA) is 68.1 Å². The Labute approximate surface area is 117 Å². The molecular formula is C8H8ClIN4O2S. The fourth-order valence-electron chi connectivity index (χ4n) is 1.26. The van der Waals surface area contributed by atoms with Gasteiger partial charge in [0.25, 0.3) is 0 Å².